The summed E-state index contributed by atoms with van der Waals surface area (Å²) in [7, 11) is 0. The molecule has 0 bridgehead atoms. The third-order valence-electron chi connectivity index (χ3n) is 3.95. The van der Waals surface area contributed by atoms with E-state index in [0.29, 0.717) is 0 Å². The molecule has 0 fully saturated rings. The first kappa shape index (κ1) is 21.2. The molecule has 1 aromatic heterocycles. The Morgan fingerprint density at radius 2 is 1.32 bits per heavy atom. The third kappa shape index (κ3) is 10.9. The summed E-state index contributed by atoms with van der Waals surface area (Å²) >= 11 is 0. The van der Waals surface area contributed by atoms with Crippen LogP contribution >= 0.6 is 12.4 Å². The van der Waals surface area contributed by atoms with E-state index in [-0.39, 0.29) is 12.4 Å². The molecule has 0 saturated carbocycles. The summed E-state index contributed by atoms with van der Waals surface area (Å²) in [4.78, 5) is 4.64. The molecule has 0 aliphatic carbocycles. The number of rotatable bonds is 12. The first-order valence-corrected chi connectivity index (χ1v) is 9.03. The molecule has 0 spiro atoms. The van der Waals surface area contributed by atoms with Gasteiger partial charge in [0.05, 0.1) is 5.36 Å². The van der Waals surface area contributed by atoms with Crippen molar-refractivity contribution >= 4 is 12.4 Å². The van der Waals surface area contributed by atoms with Crippen LogP contribution in [0.3, 0.4) is 0 Å². The second-order valence-electron chi connectivity index (χ2n) is 6.00. The normalized spacial score (nSPS) is 10.3. The average Bonchev–Trinajstić information content (AvgIpc) is 2.52. The van der Waals surface area contributed by atoms with E-state index in [9.17, 15) is 0 Å². The summed E-state index contributed by atoms with van der Waals surface area (Å²) in [5, 5.41) is 1.13. The molecular formula is C19H35ClN2. The van der Waals surface area contributed by atoms with E-state index in [2.05, 4.69) is 47.9 Å². The molecular weight excluding hydrogens is 292 g/mol. The maximum Gasteiger partial charge on any atom is 0.0603 e. The van der Waals surface area contributed by atoms with Gasteiger partial charge in [-0.2, -0.15) is 0 Å². The van der Waals surface area contributed by atoms with Crippen LogP contribution in [0.25, 0.3) is 0 Å². The number of aryl methyl sites for hydroxylation is 1. The van der Waals surface area contributed by atoms with Crippen molar-refractivity contribution in [3.63, 3.8) is 0 Å². The van der Waals surface area contributed by atoms with Gasteiger partial charge in [0.25, 0.3) is 0 Å². The molecule has 0 aliphatic heterocycles. The monoisotopic (exact) mass is 326 g/mol. The van der Waals surface area contributed by atoms with E-state index in [0.717, 1.165) is 18.4 Å². The molecule has 0 atom stereocenters. The molecule has 0 aromatic carbocycles. The highest BCUT2D eigenvalue weighted by molar-refractivity contribution is 5.85. The van der Waals surface area contributed by atoms with Crippen LogP contribution in [-0.2, 0) is 6.54 Å². The molecule has 1 rings (SSSR count). The number of aromatic nitrogens is 1. The Bertz CT molecular complexity index is 392. The van der Waals surface area contributed by atoms with Gasteiger partial charge in [-0.1, -0.05) is 65.2 Å². The molecule has 1 aromatic rings. The first-order valence-electron chi connectivity index (χ1n) is 9.03. The first-order chi connectivity index (χ1) is 10.4. The summed E-state index contributed by atoms with van der Waals surface area (Å²) in [6, 6.07) is 4.30. The molecule has 0 aliphatic rings. The highest BCUT2D eigenvalue weighted by Gasteiger charge is 1.92. The highest BCUT2D eigenvalue weighted by atomic mass is 35.5. The number of pyridine rings is 1. The Labute approximate surface area is 143 Å². The standard InChI is InChI=1S/C19H34N2.ClH/c1-3-5-7-9-10-12-16-21-17-13-19(14-18-21)20-15-11-8-6-4-2;/h13-14,17-18H,3-12,15-16H2,1-2H3;1H. The lowest BCUT2D eigenvalue weighted by Gasteiger charge is -2.05. The van der Waals surface area contributed by atoms with Crippen LogP contribution < -0.4 is 5.36 Å². The Balaban J connectivity index is 0.00000441. The van der Waals surface area contributed by atoms with Crippen molar-refractivity contribution in [1.82, 2.24) is 4.57 Å². The zero-order valence-corrected chi connectivity index (χ0v) is 15.4. The lowest BCUT2D eigenvalue weighted by Crippen LogP contribution is -2.06. The van der Waals surface area contributed by atoms with Crippen LogP contribution in [0.4, 0.5) is 0 Å². The van der Waals surface area contributed by atoms with Crippen LogP contribution in [0.1, 0.15) is 78.1 Å². The van der Waals surface area contributed by atoms with E-state index in [4.69, 9.17) is 0 Å². The van der Waals surface area contributed by atoms with Crippen molar-refractivity contribution in [2.24, 2.45) is 4.99 Å². The molecule has 2 nitrogen and oxygen atoms in total. The minimum absolute atomic E-state index is 0. The van der Waals surface area contributed by atoms with Gasteiger partial charge in [0.2, 0.25) is 0 Å². The predicted molar refractivity (Wildman–Crippen MR) is 99.6 cm³/mol. The molecule has 1 heterocycles. The van der Waals surface area contributed by atoms with Gasteiger partial charge in [0.15, 0.2) is 0 Å². The zero-order chi connectivity index (χ0) is 15.2. The van der Waals surface area contributed by atoms with Crippen LogP contribution in [0.2, 0.25) is 0 Å². The number of unbranched alkanes of at least 4 members (excludes halogenated alkanes) is 8. The van der Waals surface area contributed by atoms with Gasteiger partial charge in [-0.25, -0.2) is 0 Å². The van der Waals surface area contributed by atoms with Crippen LogP contribution in [-0.4, -0.2) is 11.1 Å². The predicted octanol–water partition coefficient (Wildman–Crippen LogP) is 5.75. The van der Waals surface area contributed by atoms with Gasteiger partial charge >= 0.3 is 0 Å². The number of hydrogen-bond donors (Lipinski definition) is 0. The molecule has 0 unspecified atom stereocenters. The average molecular weight is 327 g/mol. The van der Waals surface area contributed by atoms with Crippen molar-refractivity contribution < 1.29 is 0 Å². The number of nitrogens with zero attached hydrogens (tertiary/aromatic N) is 2. The fourth-order valence-electron chi connectivity index (χ4n) is 2.53. The van der Waals surface area contributed by atoms with Gasteiger partial charge in [-0.15, -0.1) is 12.4 Å². The molecule has 3 heteroatoms. The molecule has 0 N–H and O–H groups in total. The van der Waals surface area contributed by atoms with Crippen LogP contribution in [0, 0.1) is 0 Å². The van der Waals surface area contributed by atoms with Gasteiger partial charge in [-0.3, -0.25) is 4.99 Å². The van der Waals surface area contributed by atoms with Gasteiger partial charge in [-0.05, 0) is 25.0 Å². The molecule has 0 amide bonds. The fraction of sp³-hybridized carbons (Fsp3) is 0.737. The van der Waals surface area contributed by atoms with Gasteiger partial charge in [0.1, 0.15) is 0 Å². The van der Waals surface area contributed by atoms with E-state index in [1.165, 1.54) is 64.2 Å². The maximum absolute atomic E-state index is 4.64. The summed E-state index contributed by atoms with van der Waals surface area (Å²) in [6.07, 6.45) is 17.7. The molecule has 128 valence electrons. The van der Waals surface area contributed by atoms with Crippen molar-refractivity contribution in [2.45, 2.75) is 84.6 Å². The topological polar surface area (TPSA) is 17.3 Å². The fourth-order valence-corrected chi connectivity index (χ4v) is 2.53. The number of hydrogen-bond acceptors (Lipinski definition) is 1. The Hall–Kier alpha value is -0.760. The summed E-state index contributed by atoms with van der Waals surface area (Å²) in [6.45, 7) is 6.63. The van der Waals surface area contributed by atoms with E-state index in [1.807, 2.05) is 0 Å². The summed E-state index contributed by atoms with van der Waals surface area (Å²) in [5.41, 5.74) is 0. The second kappa shape index (κ2) is 15.1. The summed E-state index contributed by atoms with van der Waals surface area (Å²) < 4.78 is 2.29. The Kier molecular flexibility index (Phi) is 14.6. The maximum atomic E-state index is 4.64. The highest BCUT2D eigenvalue weighted by Crippen LogP contribution is 2.05. The number of halogens is 1. The molecule has 0 saturated heterocycles. The van der Waals surface area contributed by atoms with E-state index < -0.39 is 0 Å². The lowest BCUT2D eigenvalue weighted by atomic mass is 10.1. The van der Waals surface area contributed by atoms with Crippen molar-refractivity contribution in [2.75, 3.05) is 6.54 Å². The minimum atomic E-state index is 0. The van der Waals surface area contributed by atoms with Gasteiger partial charge < -0.3 is 4.57 Å². The van der Waals surface area contributed by atoms with Gasteiger partial charge in [0, 0.05) is 25.5 Å². The van der Waals surface area contributed by atoms with Crippen LogP contribution in [0.5, 0.6) is 0 Å². The molecule has 0 radical (unpaired) electrons. The van der Waals surface area contributed by atoms with E-state index in [1.54, 1.807) is 0 Å². The van der Waals surface area contributed by atoms with Crippen molar-refractivity contribution in [3.05, 3.63) is 29.9 Å². The Morgan fingerprint density at radius 1 is 0.773 bits per heavy atom. The second-order valence-corrected chi connectivity index (χ2v) is 6.00. The quantitative estimate of drug-likeness (QED) is 0.435. The van der Waals surface area contributed by atoms with Crippen LogP contribution in [0.15, 0.2) is 29.5 Å². The van der Waals surface area contributed by atoms with Crippen molar-refractivity contribution in [3.8, 4) is 0 Å². The Morgan fingerprint density at radius 3 is 1.95 bits per heavy atom. The SMILES string of the molecule is CCCCCCCCn1ccc(=NCCCCCC)cc1.Cl. The summed E-state index contributed by atoms with van der Waals surface area (Å²) in [5.74, 6) is 0. The third-order valence-corrected chi connectivity index (χ3v) is 3.95. The minimum Gasteiger partial charge on any atom is -0.354 e. The lowest BCUT2D eigenvalue weighted by molar-refractivity contribution is 0.556. The largest absolute Gasteiger partial charge is 0.354 e. The molecule has 22 heavy (non-hydrogen) atoms. The zero-order valence-electron chi connectivity index (χ0n) is 14.6. The smallest absolute Gasteiger partial charge is 0.0603 e. The van der Waals surface area contributed by atoms with Crippen molar-refractivity contribution in [1.29, 1.82) is 0 Å². The van der Waals surface area contributed by atoms with E-state index >= 15 is 0 Å².